The fraction of sp³-hybridized carbons (Fsp3) is 0.286. The lowest BCUT2D eigenvalue weighted by atomic mass is 10.1. The molecule has 0 saturated heterocycles. The molecule has 3 rings (SSSR count). The molecule has 140 valence electrons. The van der Waals surface area contributed by atoms with Crippen molar-refractivity contribution < 1.29 is 9.53 Å². The van der Waals surface area contributed by atoms with Crippen molar-refractivity contribution in [3.8, 4) is 5.75 Å². The zero-order valence-electron chi connectivity index (χ0n) is 15.8. The Bertz CT molecular complexity index is 1030. The smallest absolute Gasteiger partial charge is 0.275 e. The lowest BCUT2D eigenvalue weighted by molar-refractivity contribution is 0.0745. The quantitative estimate of drug-likeness (QED) is 0.674. The Morgan fingerprint density at radius 3 is 2.44 bits per heavy atom. The summed E-state index contributed by atoms with van der Waals surface area (Å²) in [5, 5.41) is 5.31. The molecule has 6 nitrogen and oxygen atoms in total. The molecule has 0 saturated carbocycles. The van der Waals surface area contributed by atoms with Crippen molar-refractivity contribution in [1.82, 2.24) is 14.7 Å². The van der Waals surface area contributed by atoms with Gasteiger partial charge in [-0.25, -0.2) is 4.68 Å². The number of aromatic nitrogens is 2. The predicted octanol–water partition coefficient (Wildman–Crippen LogP) is 2.99. The van der Waals surface area contributed by atoms with Crippen LogP contribution in [0.1, 0.15) is 29.9 Å². The maximum Gasteiger partial charge on any atom is 0.275 e. The maximum absolute atomic E-state index is 13.2. The summed E-state index contributed by atoms with van der Waals surface area (Å²) in [6, 6.07) is 14.8. The van der Waals surface area contributed by atoms with Crippen molar-refractivity contribution in [1.29, 1.82) is 0 Å². The molecular formula is C21H23N3O3. The Balaban J connectivity index is 2.01. The van der Waals surface area contributed by atoms with Crippen LogP contribution in [0.15, 0.2) is 53.3 Å². The molecule has 0 spiro atoms. The third-order valence-electron chi connectivity index (χ3n) is 4.46. The summed E-state index contributed by atoms with van der Waals surface area (Å²) in [7, 11) is 1.56. The Hall–Kier alpha value is -3.15. The average Bonchev–Trinajstić information content (AvgIpc) is 2.70. The second-order valence-electron chi connectivity index (χ2n) is 6.18. The normalized spacial score (nSPS) is 10.8. The summed E-state index contributed by atoms with van der Waals surface area (Å²) in [5.74, 6) is 0.556. The van der Waals surface area contributed by atoms with E-state index in [-0.39, 0.29) is 17.2 Å². The number of amides is 1. The lowest BCUT2D eigenvalue weighted by Crippen LogP contribution is -2.33. The minimum absolute atomic E-state index is 0.212. The van der Waals surface area contributed by atoms with E-state index >= 15 is 0 Å². The van der Waals surface area contributed by atoms with Crippen LogP contribution in [0.5, 0.6) is 5.75 Å². The molecule has 0 aliphatic heterocycles. The third kappa shape index (κ3) is 3.69. The molecule has 0 atom stereocenters. The summed E-state index contributed by atoms with van der Waals surface area (Å²) < 4.78 is 6.89. The second kappa shape index (κ2) is 8.03. The number of carbonyl (C=O) groups excluding carboxylic acids is 1. The van der Waals surface area contributed by atoms with E-state index in [9.17, 15) is 9.59 Å². The number of nitrogens with zero attached hydrogens (tertiary/aromatic N) is 3. The lowest BCUT2D eigenvalue weighted by Gasteiger charge is -2.22. The van der Waals surface area contributed by atoms with Gasteiger partial charge in [-0.2, -0.15) is 5.10 Å². The fourth-order valence-corrected chi connectivity index (χ4v) is 3.07. The number of ether oxygens (including phenoxy) is 1. The molecule has 3 aromatic rings. The standard InChI is InChI=1S/C21H23N3O3/c1-4-24(14-15-10-6-9-13-18(15)27-5-2)21(26)19-16-11-7-8-12-17(16)20(25)23(3)22-19/h6-13H,4-5,14H2,1-3H3. The van der Waals surface area contributed by atoms with E-state index in [1.165, 1.54) is 4.68 Å². The molecule has 0 aliphatic rings. The SMILES string of the molecule is CCOc1ccccc1CN(CC)C(=O)c1nn(C)c(=O)c2ccccc12. The molecule has 2 aromatic carbocycles. The van der Waals surface area contributed by atoms with Crippen LogP contribution in [-0.2, 0) is 13.6 Å². The van der Waals surface area contributed by atoms with Crippen molar-refractivity contribution in [2.45, 2.75) is 20.4 Å². The van der Waals surface area contributed by atoms with Gasteiger partial charge in [0.25, 0.3) is 11.5 Å². The van der Waals surface area contributed by atoms with E-state index in [1.807, 2.05) is 38.1 Å². The molecule has 0 aliphatic carbocycles. The van der Waals surface area contributed by atoms with Gasteiger partial charge >= 0.3 is 0 Å². The molecule has 0 N–H and O–H groups in total. The molecule has 1 aromatic heterocycles. The minimum atomic E-state index is -0.216. The van der Waals surface area contributed by atoms with Gasteiger partial charge in [0.05, 0.1) is 12.0 Å². The number of hydrogen-bond donors (Lipinski definition) is 0. The number of rotatable bonds is 6. The van der Waals surface area contributed by atoms with Crippen LogP contribution in [0.2, 0.25) is 0 Å². The van der Waals surface area contributed by atoms with Crippen LogP contribution in [0.25, 0.3) is 10.8 Å². The van der Waals surface area contributed by atoms with Gasteiger partial charge in [0.15, 0.2) is 5.69 Å². The summed E-state index contributed by atoms with van der Waals surface area (Å²) in [6.45, 7) is 5.33. The van der Waals surface area contributed by atoms with Crippen LogP contribution in [0.4, 0.5) is 0 Å². The van der Waals surface area contributed by atoms with Crippen LogP contribution in [0.3, 0.4) is 0 Å². The van der Waals surface area contributed by atoms with Crippen LogP contribution in [-0.4, -0.2) is 33.7 Å². The van der Waals surface area contributed by atoms with E-state index in [1.54, 1.807) is 36.2 Å². The Morgan fingerprint density at radius 1 is 1.07 bits per heavy atom. The summed E-state index contributed by atoms with van der Waals surface area (Å²) in [5.41, 5.74) is 0.999. The molecule has 1 amide bonds. The first-order valence-corrected chi connectivity index (χ1v) is 9.02. The van der Waals surface area contributed by atoms with Crippen molar-refractivity contribution in [2.75, 3.05) is 13.2 Å². The monoisotopic (exact) mass is 365 g/mol. The highest BCUT2D eigenvalue weighted by molar-refractivity contribution is 6.04. The van der Waals surface area contributed by atoms with Crippen LogP contribution in [0, 0.1) is 0 Å². The minimum Gasteiger partial charge on any atom is -0.494 e. The number of carbonyl (C=O) groups is 1. The maximum atomic E-state index is 13.2. The van der Waals surface area contributed by atoms with E-state index < -0.39 is 0 Å². The highest BCUT2D eigenvalue weighted by Gasteiger charge is 2.21. The Morgan fingerprint density at radius 2 is 1.74 bits per heavy atom. The number of benzene rings is 2. The molecule has 0 fully saturated rings. The zero-order chi connectivity index (χ0) is 19.4. The number of hydrogen-bond acceptors (Lipinski definition) is 4. The van der Waals surface area contributed by atoms with Gasteiger partial charge in [0, 0.05) is 31.1 Å². The van der Waals surface area contributed by atoms with Crippen molar-refractivity contribution in [3.63, 3.8) is 0 Å². The largest absolute Gasteiger partial charge is 0.494 e. The Kier molecular flexibility index (Phi) is 5.54. The van der Waals surface area contributed by atoms with E-state index in [4.69, 9.17) is 4.74 Å². The number of para-hydroxylation sites is 1. The highest BCUT2D eigenvalue weighted by Crippen LogP contribution is 2.22. The van der Waals surface area contributed by atoms with Gasteiger partial charge in [-0.15, -0.1) is 0 Å². The van der Waals surface area contributed by atoms with E-state index in [0.717, 1.165) is 11.3 Å². The first kappa shape index (κ1) is 18.6. The summed E-state index contributed by atoms with van der Waals surface area (Å²) >= 11 is 0. The molecule has 0 unspecified atom stereocenters. The third-order valence-corrected chi connectivity index (χ3v) is 4.46. The first-order valence-electron chi connectivity index (χ1n) is 9.02. The molecular weight excluding hydrogens is 342 g/mol. The van der Waals surface area contributed by atoms with Gasteiger partial charge in [-0.05, 0) is 26.0 Å². The van der Waals surface area contributed by atoms with Gasteiger partial charge < -0.3 is 9.64 Å². The first-order chi connectivity index (χ1) is 13.1. The average molecular weight is 365 g/mol. The summed E-state index contributed by atoms with van der Waals surface area (Å²) in [4.78, 5) is 27.2. The van der Waals surface area contributed by atoms with Crippen LogP contribution < -0.4 is 10.3 Å². The Labute approximate surface area is 158 Å². The highest BCUT2D eigenvalue weighted by atomic mass is 16.5. The van der Waals surface area contributed by atoms with E-state index in [2.05, 4.69) is 5.10 Å². The molecule has 0 bridgehead atoms. The molecule has 6 heteroatoms. The van der Waals surface area contributed by atoms with E-state index in [0.29, 0.717) is 30.5 Å². The summed E-state index contributed by atoms with van der Waals surface area (Å²) in [6.07, 6.45) is 0. The molecule has 0 radical (unpaired) electrons. The van der Waals surface area contributed by atoms with Crippen molar-refractivity contribution in [2.24, 2.45) is 7.05 Å². The van der Waals surface area contributed by atoms with Gasteiger partial charge in [-0.3, -0.25) is 9.59 Å². The van der Waals surface area contributed by atoms with Crippen molar-refractivity contribution in [3.05, 3.63) is 70.1 Å². The van der Waals surface area contributed by atoms with Crippen LogP contribution >= 0.6 is 0 Å². The van der Waals surface area contributed by atoms with Gasteiger partial charge in [0.1, 0.15) is 5.75 Å². The molecule has 1 heterocycles. The number of aryl methyl sites for hydroxylation is 1. The fourth-order valence-electron chi connectivity index (χ4n) is 3.07. The topological polar surface area (TPSA) is 64.4 Å². The molecule has 27 heavy (non-hydrogen) atoms. The second-order valence-corrected chi connectivity index (χ2v) is 6.18. The van der Waals surface area contributed by atoms with Gasteiger partial charge in [-0.1, -0.05) is 36.4 Å². The van der Waals surface area contributed by atoms with Crippen molar-refractivity contribution >= 4 is 16.7 Å². The van der Waals surface area contributed by atoms with Gasteiger partial charge in [0.2, 0.25) is 0 Å². The number of fused-ring (bicyclic) bond motifs is 1. The predicted molar refractivity (Wildman–Crippen MR) is 105 cm³/mol. The zero-order valence-corrected chi connectivity index (χ0v) is 15.8.